The van der Waals surface area contributed by atoms with Crippen LogP contribution in [0.15, 0.2) is 33.6 Å². The summed E-state index contributed by atoms with van der Waals surface area (Å²) in [5, 5.41) is 2.34. The smallest absolute Gasteiger partial charge is 0.324 e. The van der Waals surface area contributed by atoms with Gasteiger partial charge in [0.1, 0.15) is 6.04 Å². The minimum atomic E-state index is -3.92. The van der Waals surface area contributed by atoms with Crippen LogP contribution >= 0.6 is 15.9 Å². The average Bonchev–Trinajstić information content (AvgIpc) is 2.55. The number of terminal acetylenes is 1. The predicted octanol–water partition coefficient (Wildman–Crippen LogP) is 1.04. The first-order valence-corrected chi connectivity index (χ1v) is 9.59. The van der Waals surface area contributed by atoms with Gasteiger partial charge >= 0.3 is 5.97 Å². The highest BCUT2D eigenvalue weighted by Gasteiger charge is 2.30. The highest BCUT2D eigenvalue weighted by molar-refractivity contribution is 9.10. The van der Waals surface area contributed by atoms with Crippen LogP contribution in [-0.2, 0) is 24.3 Å². The number of nitrogens with one attached hydrogen (secondary N) is 2. The first-order chi connectivity index (χ1) is 11.7. The summed E-state index contributed by atoms with van der Waals surface area (Å²) in [6.45, 7) is 2.80. The molecule has 1 aromatic rings. The van der Waals surface area contributed by atoms with Gasteiger partial charge in [-0.25, -0.2) is 8.42 Å². The zero-order valence-corrected chi connectivity index (χ0v) is 16.2. The summed E-state index contributed by atoms with van der Waals surface area (Å²) < 4.78 is 32.7. The second kappa shape index (κ2) is 9.56. The lowest BCUT2D eigenvalue weighted by Crippen LogP contribution is -2.46. The molecule has 0 saturated carbocycles. The Hall–Kier alpha value is -1.89. The molecule has 25 heavy (non-hydrogen) atoms. The lowest BCUT2D eigenvalue weighted by Gasteiger charge is -2.20. The fraction of sp³-hybridized carbons (Fsp3) is 0.375. The Balaban J connectivity index is 2.79. The van der Waals surface area contributed by atoms with Crippen LogP contribution in [-0.4, -0.2) is 39.5 Å². The molecule has 0 aliphatic heterocycles. The standard InChI is InChI=1S/C16H19BrN2O5S/c1-4-9-18-14(20)10-24-16(21)15(11(2)3)19-25(22,23)13-7-5-12(17)6-8-13/h1,5-8,11,15,19H,9-10H2,2-3H3,(H,18,20)/t15-/m0/s1. The summed E-state index contributed by atoms with van der Waals surface area (Å²) in [6.07, 6.45) is 5.00. The van der Waals surface area contributed by atoms with Crippen LogP contribution in [0.1, 0.15) is 13.8 Å². The number of amides is 1. The molecule has 9 heteroatoms. The molecule has 1 atom stereocenters. The second-order valence-electron chi connectivity index (χ2n) is 5.39. The van der Waals surface area contributed by atoms with E-state index in [0.717, 1.165) is 4.47 Å². The lowest BCUT2D eigenvalue weighted by atomic mass is 10.1. The second-order valence-corrected chi connectivity index (χ2v) is 8.02. The Morgan fingerprint density at radius 2 is 1.88 bits per heavy atom. The maximum Gasteiger partial charge on any atom is 0.324 e. The van der Waals surface area contributed by atoms with Crippen molar-refractivity contribution in [2.75, 3.05) is 13.2 Å². The van der Waals surface area contributed by atoms with Crippen molar-refractivity contribution in [2.24, 2.45) is 5.92 Å². The van der Waals surface area contributed by atoms with Crippen molar-refractivity contribution in [1.82, 2.24) is 10.0 Å². The van der Waals surface area contributed by atoms with E-state index in [2.05, 4.69) is 31.9 Å². The zero-order chi connectivity index (χ0) is 19.0. The summed E-state index contributed by atoms with van der Waals surface area (Å²) in [5.74, 6) is 0.424. The molecule has 0 unspecified atom stereocenters. The number of sulfonamides is 1. The largest absolute Gasteiger partial charge is 0.454 e. The Labute approximate surface area is 155 Å². The molecular weight excluding hydrogens is 412 g/mol. The minimum absolute atomic E-state index is 0.0141. The lowest BCUT2D eigenvalue weighted by molar-refractivity contribution is -0.151. The molecule has 1 rings (SSSR count). The summed E-state index contributed by atoms with van der Waals surface area (Å²) in [6, 6.07) is 4.83. The molecule has 0 heterocycles. The van der Waals surface area contributed by atoms with E-state index in [0.29, 0.717) is 0 Å². The van der Waals surface area contributed by atoms with Crippen molar-refractivity contribution in [1.29, 1.82) is 0 Å². The van der Waals surface area contributed by atoms with E-state index in [-0.39, 0.29) is 17.4 Å². The van der Waals surface area contributed by atoms with Crippen molar-refractivity contribution in [3.05, 3.63) is 28.7 Å². The first-order valence-electron chi connectivity index (χ1n) is 7.32. The van der Waals surface area contributed by atoms with Crippen molar-refractivity contribution >= 4 is 37.8 Å². The molecule has 0 bridgehead atoms. The highest BCUT2D eigenvalue weighted by Crippen LogP contribution is 2.16. The molecule has 0 aliphatic rings. The molecule has 0 saturated heterocycles. The van der Waals surface area contributed by atoms with Crippen molar-refractivity contribution in [3.8, 4) is 12.3 Å². The van der Waals surface area contributed by atoms with Gasteiger partial charge in [-0.2, -0.15) is 4.72 Å². The number of hydrogen-bond donors (Lipinski definition) is 2. The van der Waals surface area contributed by atoms with Crippen LogP contribution in [0, 0.1) is 18.3 Å². The molecule has 0 spiro atoms. The van der Waals surface area contributed by atoms with Crippen LogP contribution in [0.3, 0.4) is 0 Å². The van der Waals surface area contributed by atoms with E-state index >= 15 is 0 Å². The minimum Gasteiger partial charge on any atom is -0.454 e. The van der Waals surface area contributed by atoms with Gasteiger partial charge in [0.2, 0.25) is 10.0 Å². The maximum absolute atomic E-state index is 12.4. The van der Waals surface area contributed by atoms with E-state index < -0.39 is 34.5 Å². The molecule has 0 fully saturated rings. The number of carbonyl (C=O) groups excluding carboxylic acids is 2. The summed E-state index contributed by atoms with van der Waals surface area (Å²) >= 11 is 3.22. The summed E-state index contributed by atoms with van der Waals surface area (Å²) in [7, 11) is -3.92. The quantitative estimate of drug-likeness (QED) is 0.473. The normalized spacial score (nSPS) is 12.3. The molecule has 2 N–H and O–H groups in total. The van der Waals surface area contributed by atoms with E-state index in [9.17, 15) is 18.0 Å². The number of benzene rings is 1. The highest BCUT2D eigenvalue weighted by atomic mass is 79.9. The van der Waals surface area contributed by atoms with Gasteiger partial charge in [-0.15, -0.1) is 6.42 Å². The molecule has 1 aromatic carbocycles. The number of hydrogen-bond acceptors (Lipinski definition) is 5. The number of carbonyl (C=O) groups is 2. The monoisotopic (exact) mass is 430 g/mol. The van der Waals surface area contributed by atoms with Gasteiger partial charge in [0, 0.05) is 4.47 Å². The molecule has 0 aliphatic carbocycles. The number of rotatable bonds is 8. The Morgan fingerprint density at radius 3 is 2.40 bits per heavy atom. The third-order valence-electron chi connectivity index (χ3n) is 3.06. The molecule has 0 aromatic heterocycles. The molecule has 0 radical (unpaired) electrons. The van der Waals surface area contributed by atoms with Gasteiger partial charge in [-0.3, -0.25) is 9.59 Å². The molecule has 7 nitrogen and oxygen atoms in total. The number of esters is 1. The topological polar surface area (TPSA) is 102 Å². The maximum atomic E-state index is 12.4. The third kappa shape index (κ3) is 6.86. The van der Waals surface area contributed by atoms with Crippen LogP contribution in [0.4, 0.5) is 0 Å². The van der Waals surface area contributed by atoms with Gasteiger partial charge in [0.05, 0.1) is 11.4 Å². The Morgan fingerprint density at radius 1 is 1.28 bits per heavy atom. The van der Waals surface area contributed by atoms with Gasteiger partial charge in [-0.1, -0.05) is 35.7 Å². The first kappa shape index (κ1) is 21.2. The van der Waals surface area contributed by atoms with E-state index in [4.69, 9.17) is 11.2 Å². The van der Waals surface area contributed by atoms with E-state index in [1.165, 1.54) is 12.1 Å². The Bertz CT molecular complexity index is 754. The predicted molar refractivity (Wildman–Crippen MR) is 95.9 cm³/mol. The molecule has 136 valence electrons. The van der Waals surface area contributed by atoms with Crippen LogP contribution < -0.4 is 10.0 Å². The van der Waals surface area contributed by atoms with Gasteiger partial charge < -0.3 is 10.1 Å². The van der Waals surface area contributed by atoms with Crippen LogP contribution in [0.5, 0.6) is 0 Å². The number of halogens is 1. The fourth-order valence-electron chi connectivity index (χ4n) is 1.73. The molecular formula is C16H19BrN2O5S. The van der Waals surface area contributed by atoms with Crippen molar-refractivity contribution in [3.63, 3.8) is 0 Å². The van der Waals surface area contributed by atoms with Crippen LogP contribution in [0.2, 0.25) is 0 Å². The van der Waals surface area contributed by atoms with E-state index in [1.807, 2.05) is 0 Å². The van der Waals surface area contributed by atoms with Crippen molar-refractivity contribution < 1.29 is 22.7 Å². The van der Waals surface area contributed by atoms with Gasteiger partial charge in [-0.05, 0) is 30.2 Å². The van der Waals surface area contributed by atoms with Gasteiger partial charge in [0.25, 0.3) is 5.91 Å². The number of ether oxygens (including phenoxy) is 1. The van der Waals surface area contributed by atoms with Crippen LogP contribution in [0.25, 0.3) is 0 Å². The molecule has 1 amide bonds. The average molecular weight is 431 g/mol. The van der Waals surface area contributed by atoms with Gasteiger partial charge in [0.15, 0.2) is 6.61 Å². The fourth-order valence-corrected chi connectivity index (χ4v) is 3.33. The van der Waals surface area contributed by atoms with E-state index in [1.54, 1.807) is 26.0 Å². The Kier molecular flexibility index (Phi) is 8.09. The zero-order valence-electron chi connectivity index (χ0n) is 13.8. The third-order valence-corrected chi connectivity index (χ3v) is 5.05. The SMILES string of the molecule is C#CCNC(=O)COC(=O)[C@@H](NS(=O)(=O)c1ccc(Br)cc1)C(C)C. The summed E-state index contributed by atoms with van der Waals surface area (Å²) in [5.41, 5.74) is 0. The summed E-state index contributed by atoms with van der Waals surface area (Å²) in [4.78, 5) is 23.6. The van der Waals surface area contributed by atoms with Crippen molar-refractivity contribution in [2.45, 2.75) is 24.8 Å².